The van der Waals surface area contributed by atoms with Gasteiger partial charge in [-0.2, -0.15) is 0 Å². The quantitative estimate of drug-likeness (QED) is 0.224. The molecule has 0 aromatic carbocycles. The number of rotatable bonds is 14. The minimum absolute atomic E-state index is 0.00455. The van der Waals surface area contributed by atoms with E-state index >= 15 is 0 Å². The van der Waals surface area contributed by atoms with E-state index in [1.54, 1.807) is 0 Å². The zero-order chi connectivity index (χ0) is 15.9. The van der Waals surface area contributed by atoms with Gasteiger partial charge in [-0.1, -0.05) is 62.8 Å². The highest BCUT2D eigenvalue weighted by Crippen LogP contribution is 2.33. The van der Waals surface area contributed by atoms with Crippen LogP contribution in [0.4, 0.5) is 0 Å². The maximum atomic E-state index is 11.5. The van der Waals surface area contributed by atoms with Gasteiger partial charge in [0.2, 0.25) is 0 Å². The van der Waals surface area contributed by atoms with E-state index in [9.17, 15) is 4.79 Å². The number of carbonyl (C=O) groups is 1. The topological polar surface area (TPSA) is 26.3 Å². The Bertz CT molecular complexity index is 327. The molecule has 0 heterocycles. The van der Waals surface area contributed by atoms with Crippen LogP contribution in [0.3, 0.4) is 0 Å². The lowest BCUT2D eigenvalue weighted by Crippen LogP contribution is -2.05. The molecule has 0 amide bonds. The van der Waals surface area contributed by atoms with Crippen molar-refractivity contribution in [3.05, 3.63) is 24.3 Å². The molecule has 0 N–H and O–H groups in total. The van der Waals surface area contributed by atoms with Gasteiger partial charge in [0, 0.05) is 6.42 Å². The van der Waals surface area contributed by atoms with Crippen molar-refractivity contribution in [2.45, 2.75) is 84.0 Å². The first-order chi connectivity index (χ1) is 10.8. The Morgan fingerprint density at radius 1 is 1.00 bits per heavy atom. The fourth-order valence-corrected chi connectivity index (χ4v) is 2.56. The summed E-state index contributed by atoms with van der Waals surface area (Å²) in [7, 11) is 0. The molecule has 22 heavy (non-hydrogen) atoms. The van der Waals surface area contributed by atoms with Crippen LogP contribution in [-0.4, -0.2) is 12.6 Å². The number of unbranched alkanes of at least 4 members (excludes halogenated alkanes) is 6. The van der Waals surface area contributed by atoms with Crippen LogP contribution < -0.4 is 0 Å². The summed E-state index contributed by atoms with van der Waals surface area (Å²) in [6.45, 7) is 2.67. The van der Waals surface area contributed by atoms with Crippen molar-refractivity contribution < 1.29 is 9.53 Å². The monoisotopic (exact) mass is 306 g/mol. The average molecular weight is 306 g/mol. The van der Waals surface area contributed by atoms with Gasteiger partial charge in [-0.3, -0.25) is 4.79 Å². The Morgan fingerprint density at radius 2 is 1.73 bits per heavy atom. The second-order valence-electron chi connectivity index (χ2n) is 6.42. The first kappa shape index (κ1) is 19.0. The number of hydrogen-bond acceptors (Lipinski definition) is 2. The van der Waals surface area contributed by atoms with Crippen LogP contribution in [0.25, 0.3) is 0 Å². The van der Waals surface area contributed by atoms with Crippen molar-refractivity contribution in [2.24, 2.45) is 5.92 Å². The van der Waals surface area contributed by atoms with Gasteiger partial charge in [0.05, 0.1) is 6.61 Å². The Kier molecular flexibility index (Phi) is 11.7. The second kappa shape index (κ2) is 13.6. The summed E-state index contributed by atoms with van der Waals surface area (Å²) in [5.74, 6) is 0.946. The largest absolute Gasteiger partial charge is 0.466 e. The van der Waals surface area contributed by atoms with Crippen LogP contribution in [0, 0.1) is 5.92 Å². The summed E-state index contributed by atoms with van der Waals surface area (Å²) in [4.78, 5) is 11.5. The number of hydrogen-bond donors (Lipinski definition) is 0. The number of carbonyl (C=O) groups excluding carboxylic acids is 1. The maximum Gasteiger partial charge on any atom is 0.305 e. The summed E-state index contributed by atoms with van der Waals surface area (Å²) in [5.41, 5.74) is 0. The molecule has 0 atom stereocenters. The fraction of sp³-hybridized carbons (Fsp3) is 0.750. The Morgan fingerprint density at radius 3 is 2.45 bits per heavy atom. The highest BCUT2D eigenvalue weighted by Gasteiger charge is 2.20. The van der Waals surface area contributed by atoms with E-state index in [1.165, 1.54) is 51.4 Å². The minimum Gasteiger partial charge on any atom is -0.466 e. The van der Waals surface area contributed by atoms with E-state index in [0.29, 0.717) is 13.0 Å². The van der Waals surface area contributed by atoms with Crippen molar-refractivity contribution in [3.8, 4) is 0 Å². The van der Waals surface area contributed by atoms with Gasteiger partial charge >= 0.3 is 5.97 Å². The summed E-state index contributed by atoms with van der Waals surface area (Å²) in [5, 5.41) is 0. The zero-order valence-corrected chi connectivity index (χ0v) is 14.4. The lowest BCUT2D eigenvalue weighted by atomic mass is 10.1. The van der Waals surface area contributed by atoms with Crippen LogP contribution >= 0.6 is 0 Å². The Labute approximate surface area is 137 Å². The molecule has 0 spiro atoms. The predicted octanol–water partition coefficient (Wildman–Crippen LogP) is 5.97. The van der Waals surface area contributed by atoms with Gasteiger partial charge in [0.1, 0.15) is 0 Å². The van der Waals surface area contributed by atoms with Crippen molar-refractivity contribution in [3.63, 3.8) is 0 Å². The minimum atomic E-state index is 0.00455. The highest BCUT2D eigenvalue weighted by atomic mass is 16.5. The van der Waals surface area contributed by atoms with Crippen LogP contribution in [0.2, 0.25) is 0 Å². The molecule has 0 unspecified atom stereocenters. The molecule has 2 nitrogen and oxygen atoms in total. The number of allylic oxidation sites excluding steroid dienone is 4. The van der Waals surface area contributed by atoms with E-state index in [1.807, 2.05) is 6.92 Å². The molecule has 1 rings (SSSR count). The SMILES string of the molecule is CC=CC=CCCCCCCCCC(=O)OCCCC1CC1. The normalized spacial score (nSPS) is 15.0. The molecular formula is C20H34O2. The molecule has 1 saturated carbocycles. The molecule has 126 valence electrons. The fourth-order valence-electron chi connectivity index (χ4n) is 2.56. The van der Waals surface area contributed by atoms with E-state index < -0.39 is 0 Å². The molecule has 0 aromatic rings. The third-order valence-corrected chi connectivity index (χ3v) is 4.16. The molecule has 1 aliphatic rings. The summed E-state index contributed by atoms with van der Waals surface area (Å²) >= 11 is 0. The lowest BCUT2D eigenvalue weighted by Gasteiger charge is -2.04. The number of esters is 1. The number of ether oxygens (including phenoxy) is 1. The highest BCUT2D eigenvalue weighted by molar-refractivity contribution is 5.69. The van der Waals surface area contributed by atoms with Gasteiger partial charge in [0.25, 0.3) is 0 Å². The average Bonchev–Trinajstić information content (AvgIpc) is 3.33. The third-order valence-electron chi connectivity index (χ3n) is 4.16. The Balaban J connectivity index is 1.75. The van der Waals surface area contributed by atoms with Crippen molar-refractivity contribution in [1.29, 1.82) is 0 Å². The maximum absolute atomic E-state index is 11.5. The van der Waals surface area contributed by atoms with Crippen molar-refractivity contribution in [1.82, 2.24) is 0 Å². The molecule has 1 fully saturated rings. The van der Waals surface area contributed by atoms with Gasteiger partial charge in [-0.25, -0.2) is 0 Å². The molecule has 0 aliphatic heterocycles. The van der Waals surface area contributed by atoms with Gasteiger partial charge in [-0.05, 0) is 44.9 Å². The van der Waals surface area contributed by atoms with Gasteiger partial charge in [-0.15, -0.1) is 0 Å². The molecule has 2 heteroatoms. The van der Waals surface area contributed by atoms with Crippen LogP contribution in [0.5, 0.6) is 0 Å². The molecule has 0 aromatic heterocycles. The standard InChI is InChI=1S/C20H34O2/c1-2-3-4-5-6-7-8-9-10-11-12-15-20(21)22-18-13-14-19-16-17-19/h2-5,19H,6-18H2,1H3. The summed E-state index contributed by atoms with van der Waals surface area (Å²) in [6, 6.07) is 0. The molecule has 1 aliphatic carbocycles. The molecule has 0 radical (unpaired) electrons. The molecule has 0 bridgehead atoms. The van der Waals surface area contributed by atoms with Crippen molar-refractivity contribution in [2.75, 3.05) is 6.61 Å². The van der Waals surface area contributed by atoms with Crippen LogP contribution in [-0.2, 0) is 9.53 Å². The predicted molar refractivity (Wildman–Crippen MR) is 93.8 cm³/mol. The Hall–Kier alpha value is -1.05. The molecular weight excluding hydrogens is 272 g/mol. The zero-order valence-electron chi connectivity index (χ0n) is 14.4. The van der Waals surface area contributed by atoms with Gasteiger partial charge < -0.3 is 4.74 Å². The van der Waals surface area contributed by atoms with Crippen molar-refractivity contribution >= 4 is 5.97 Å². The van der Waals surface area contributed by atoms with E-state index in [2.05, 4.69) is 24.3 Å². The molecule has 0 saturated heterocycles. The van der Waals surface area contributed by atoms with E-state index in [-0.39, 0.29) is 5.97 Å². The van der Waals surface area contributed by atoms with E-state index in [4.69, 9.17) is 4.74 Å². The second-order valence-corrected chi connectivity index (χ2v) is 6.42. The smallest absolute Gasteiger partial charge is 0.305 e. The summed E-state index contributed by atoms with van der Waals surface area (Å²) < 4.78 is 5.26. The summed E-state index contributed by atoms with van der Waals surface area (Å²) in [6.07, 6.45) is 22.6. The van der Waals surface area contributed by atoms with Crippen LogP contribution in [0.1, 0.15) is 84.0 Å². The van der Waals surface area contributed by atoms with Crippen LogP contribution in [0.15, 0.2) is 24.3 Å². The lowest BCUT2D eigenvalue weighted by molar-refractivity contribution is -0.143. The van der Waals surface area contributed by atoms with E-state index in [0.717, 1.165) is 25.2 Å². The first-order valence-electron chi connectivity index (χ1n) is 9.26. The third kappa shape index (κ3) is 12.7. The van der Waals surface area contributed by atoms with Gasteiger partial charge in [0.15, 0.2) is 0 Å². The first-order valence-corrected chi connectivity index (χ1v) is 9.26.